The fourth-order valence-corrected chi connectivity index (χ4v) is 3.42. The Labute approximate surface area is 160 Å². The molecule has 0 fully saturated rings. The zero-order valence-electron chi connectivity index (χ0n) is 14.6. The lowest BCUT2D eigenvalue weighted by Crippen LogP contribution is -2.37. The van der Waals surface area contributed by atoms with E-state index in [1.165, 1.54) is 11.3 Å². The molecule has 0 amide bonds. The largest absolute Gasteiger partial charge is 0.497 e. The smallest absolute Gasteiger partial charge is 0.351 e. The van der Waals surface area contributed by atoms with Gasteiger partial charge in [-0.1, -0.05) is 12.1 Å². The Morgan fingerprint density at radius 1 is 1.19 bits per heavy atom. The molecule has 0 saturated carbocycles. The van der Waals surface area contributed by atoms with Crippen LogP contribution >= 0.6 is 11.3 Å². The number of methoxy groups -OCH3 is 1. The zero-order chi connectivity index (χ0) is 18.6. The van der Waals surface area contributed by atoms with E-state index in [9.17, 15) is 4.79 Å². The summed E-state index contributed by atoms with van der Waals surface area (Å²) in [5.41, 5.74) is 1.68. The summed E-state index contributed by atoms with van der Waals surface area (Å²) in [4.78, 5) is 16.8. The van der Waals surface area contributed by atoms with Gasteiger partial charge in [-0.3, -0.25) is 0 Å². The standard InChI is InChI=1S/C20H17NO5S/c1-23-15-8-6-13(7-9-15)19-21-14(12-27-19)10-25-20(22)18-11-24-16-4-2-3-5-17(16)26-18/h2-9,12,18H,10-11H2,1H3/t18-/m1/s1. The lowest BCUT2D eigenvalue weighted by molar-refractivity contribution is -0.156. The van der Waals surface area contributed by atoms with Crippen LogP contribution in [0.15, 0.2) is 53.9 Å². The summed E-state index contributed by atoms with van der Waals surface area (Å²) < 4.78 is 21.7. The van der Waals surface area contributed by atoms with Crippen molar-refractivity contribution in [1.82, 2.24) is 4.98 Å². The van der Waals surface area contributed by atoms with Crippen LogP contribution in [-0.2, 0) is 16.1 Å². The number of nitrogens with zero attached hydrogens (tertiary/aromatic N) is 1. The first-order chi connectivity index (χ1) is 13.2. The third-order valence-electron chi connectivity index (χ3n) is 4.02. The summed E-state index contributed by atoms with van der Waals surface area (Å²) in [5.74, 6) is 1.50. The van der Waals surface area contributed by atoms with E-state index in [2.05, 4.69) is 4.98 Å². The van der Waals surface area contributed by atoms with Crippen LogP contribution in [0, 0.1) is 0 Å². The van der Waals surface area contributed by atoms with Crippen molar-refractivity contribution in [2.45, 2.75) is 12.7 Å². The number of para-hydroxylation sites is 2. The van der Waals surface area contributed by atoms with Crippen LogP contribution in [0.25, 0.3) is 10.6 Å². The van der Waals surface area contributed by atoms with E-state index < -0.39 is 12.1 Å². The zero-order valence-corrected chi connectivity index (χ0v) is 15.4. The van der Waals surface area contributed by atoms with Crippen molar-refractivity contribution in [2.75, 3.05) is 13.7 Å². The van der Waals surface area contributed by atoms with Gasteiger partial charge in [0, 0.05) is 10.9 Å². The van der Waals surface area contributed by atoms with Gasteiger partial charge < -0.3 is 18.9 Å². The van der Waals surface area contributed by atoms with Crippen molar-refractivity contribution < 1.29 is 23.7 Å². The first-order valence-corrected chi connectivity index (χ1v) is 9.25. The van der Waals surface area contributed by atoms with Crippen molar-refractivity contribution in [3.8, 4) is 27.8 Å². The molecule has 3 aromatic rings. The second kappa shape index (κ2) is 7.67. The predicted octanol–water partition coefficient (Wildman–Crippen LogP) is 3.70. The number of carbonyl (C=O) groups excluding carboxylic acids is 1. The van der Waals surface area contributed by atoms with Gasteiger partial charge in [0.05, 0.1) is 12.8 Å². The Balaban J connectivity index is 1.35. The SMILES string of the molecule is COc1ccc(-c2nc(COC(=O)[C@H]3COc4ccccc4O3)cs2)cc1. The van der Waals surface area contributed by atoms with Gasteiger partial charge in [0.15, 0.2) is 11.5 Å². The number of rotatable bonds is 5. The molecule has 1 aliphatic heterocycles. The molecule has 1 aromatic heterocycles. The number of ether oxygens (including phenoxy) is 4. The van der Waals surface area contributed by atoms with Gasteiger partial charge in [0.1, 0.15) is 24.0 Å². The van der Waals surface area contributed by atoms with E-state index in [1.807, 2.05) is 41.8 Å². The molecule has 138 valence electrons. The summed E-state index contributed by atoms with van der Waals surface area (Å²) >= 11 is 1.49. The van der Waals surface area contributed by atoms with Crippen LogP contribution < -0.4 is 14.2 Å². The molecule has 4 rings (SSSR count). The van der Waals surface area contributed by atoms with E-state index in [0.717, 1.165) is 16.3 Å². The molecule has 0 unspecified atom stereocenters. The lowest BCUT2D eigenvalue weighted by atomic mass is 10.2. The highest BCUT2D eigenvalue weighted by atomic mass is 32.1. The highest BCUT2D eigenvalue weighted by molar-refractivity contribution is 7.13. The Morgan fingerprint density at radius 2 is 1.96 bits per heavy atom. The molecule has 0 aliphatic carbocycles. The van der Waals surface area contributed by atoms with Crippen LogP contribution in [0.3, 0.4) is 0 Å². The van der Waals surface area contributed by atoms with Gasteiger partial charge in [0.2, 0.25) is 6.10 Å². The van der Waals surface area contributed by atoms with Crippen molar-refractivity contribution in [3.05, 3.63) is 59.6 Å². The van der Waals surface area contributed by atoms with Crippen molar-refractivity contribution in [2.24, 2.45) is 0 Å². The molecular formula is C20H17NO5S. The monoisotopic (exact) mass is 383 g/mol. The lowest BCUT2D eigenvalue weighted by Gasteiger charge is -2.24. The van der Waals surface area contributed by atoms with Crippen LogP contribution in [-0.4, -0.2) is 30.8 Å². The highest BCUT2D eigenvalue weighted by Gasteiger charge is 2.28. The van der Waals surface area contributed by atoms with E-state index in [-0.39, 0.29) is 13.2 Å². The van der Waals surface area contributed by atoms with E-state index in [4.69, 9.17) is 18.9 Å². The fourth-order valence-electron chi connectivity index (χ4n) is 2.61. The molecule has 0 bridgehead atoms. The number of esters is 1. The maximum Gasteiger partial charge on any atom is 0.351 e. The maximum atomic E-state index is 12.3. The van der Waals surface area contributed by atoms with E-state index in [1.54, 1.807) is 19.2 Å². The topological polar surface area (TPSA) is 66.9 Å². The molecule has 27 heavy (non-hydrogen) atoms. The Kier molecular flexibility index (Phi) is 4.93. The van der Waals surface area contributed by atoms with Gasteiger partial charge >= 0.3 is 5.97 Å². The predicted molar refractivity (Wildman–Crippen MR) is 100 cm³/mol. The van der Waals surface area contributed by atoms with Gasteiger partial charge in [-0.05, 0) is 36.4 Å². The molecule has 0 N–H and O–H groups in total. The number of aromatic nitrogens is 1. The van der Waals surface area contributed by atoms with Gasteiger partial charge in [-0.25, -0.2) is 9.78 Å². The number of hydrogen-bond donors (Lipinski definition) is 0. The molecule has 6 nitrogen and oxygen atoms in total. The summed E-state index contributed by atoms with van der Waals surface area (Å²) in [6, 6.07) is 14.9. The van der Waals surface area contributed by atoms with Crippen molar-refractivity contribution in [1.29, 1.82) is 0 Å². The maximum absolute atomic E-state index is 12.3. The molecule has 7 heteroatoms. The molecule has 1 atom stereocenters. The second-order valence-electron chi connectivity index (χ2n) is 5.84. The second-order valence-corrected chi connectivity index (χ2v) is 6.70. The molecule has 0 radical (unpaired) electrons. The minimum absolute atomic E-state index is 0.0903. The first-order valence-electron chi connectivity index (χ1n) is 8.37. The normalized spacial score (nSPS) is 15.2. The molecule has 2 heterocycles. The summed E-state index contributed by atoms with van der Waals surface area (Å²) in [6.45, 7) is 0.219. The molecule has 2 aromatic carbocycles. The highest BCUT2D eigenvalue weighted by Crippen LogP contribution is 2.31. The van der Waals surface area contributed by atoms with Crippen LogP contribution in [0.1, 0.15) is 5.69 Å². The molecule has 0 saturated heterocycles. The summed E-state index contributed by atoms with van der Waals surface area (Å²) in [5, 5.41) is 2.73. The molecule has 0 spiro atoms. The Hall–Kier alpha value is -3.06. The van der Waals surface area contributed by atoms with Crippen LogP contribution in [0.4, 0.5) is 0 Å². The fraction of sp³-hybridized carbons (Fsp3) is 0.200. The minimum Gasteiger partial charge on any atom is -0.497 e. The Morgan fingerprint density at radius 3 is 2.74 bits per heavy atom. The average molecular weight is 383 g/mol. The van der Waals surface area contributed by atoms with Crippen molar-refractivity contribution >= 4 is 17.3 Å². The van der Waals surface area contributed by atoms with Crippen LogP contribution in [0.2, 0.25) is 0 Å². The van der Waals surface area contributed by atoms with E-state index in [0.29, 0.717) is 17.2 Å². The third-order valence-corrected chi connectivity index (χ3v) is 4.96. The number of fused-ring (bicyclic) bond motifs is 1. The first kappa shape index (κ1) is 17.4. The van der Waals surface area contributed by atoms with E-state index >= 15 is 0 Å². The third kappa shape index (κ3) is 3.88. The molecular weight excluding hydrogens is 366 g/mol. The molecule has 1 aliphatic rings. The van der Waals surface area contributed by atoms with Gasteiger partial charge in [-0.15, -0.1) is 11.3 Å². The average Bonchev–Trinajstić information content (AvgIpc) is 3.21. The quantitative estimate of drug-likeness (QED) is 0.626. The van der Waals surface area contributed by atoms with Gasteiger partial charge in [-0.2, -0.15) is 0 Å². The number of hydrogen-bond acceptors (Lipinski definition) is 7. The number of benzene rings is 2. The van der Waals surface area contributed by atoms with Crippen molar-refractivity contribution in [3.63, 3.8) is 0 Å². The minimum atomic E-state index is -0.778. The van der Waals surface area contributed by atoms with Gasteiger partial charge in [0.25, 0.3) is 0 Å². The number of thiazole rings is 1. The van der Waals surface area contributed by atoms with Crippen LogP contribution in [0.5, 0.6) is 17.2 Å². The number of carbonyl (C=O) groups is 1. The summed E-state index contributed by atoms with van der Waals surface area (Å²) in [6.07, 6.45) is -0.778. The summed E-state index contributed by atoms with van der Waals surface area (Å²) in [7, 11) is 1.63. The Bertz CT molecular complexity index is 938.